The Bertz CT molecular complexity index is 523. The molecule has 0 atom stereocenters. The first kappa shape index (κ1) is 12.8. The van der Waals surface area contributed by atoms with Crippen molar-refractivity contribution in [2.24, 2.45) is 0 Å². The quantitative estimate of drug-likeness (QED) is 0.704. The Morgan fingerprint density at radius 1 is 1.16 bits per heavy atom. The molecule has 1 spiro atoms. The second-order valence-corrected chi connectivity index (χ2v) is 6.04. The van der Waals surface area contributed by atoms with Gasteiger partial charge in [0, 0.05) is 19.7 Å². The van der Waals surface area contributed by atoms with E-state index in [1.165, 1.54) is 24.8 Å². The number of anilines is 1. The van der Waals surface area contributed by atoms with Gasteiger partial charge < -0.3 is 4.90 Å². The van der Waals surface area contributed by atoms with Crippen molar-refractivity contribution in [1.29, 1.82) is 0 Å². The lowest BCUT2D eigenvalue weighted by Crippen LogP contribution is -2.56. The van der Waals surface area contributed by atoms with Crippen molar-refractivity contribution in [2.75, 3.05) is 19.0 Å². The van der Waals surface area contributed by atoms with Crippen molar-refractivity contribution in [2.45, 2.75) is 37.6 Å². The summed E-state index contributed by atoms with van der Waals surface area (Å²) in [6.07, 6.45) is 5.68. The molecule has 19 heavy (non-hydrogen) atoms. The highest BCUT2D eigenvalue weighted by molar-refractivity contribution is 6.34. The fourth-order valence-electron chi connectivity index (χ4n) is 3.66. The van der Waals surface area contributed by atoms with Gasteiger partial charge in [0.25, 0.3) is 0 Å². The number of hydrogen-bond acceptors (Lipinski definition) is 1. The third-order valence-electron chi connectivity index (χ3n) is 4.72. The molecule has 1 fully saturated rings. The molecule has 0 radical (unpaired) electrons. The van der Waals surface area contributed by atoms with Gasteiger partial charge in [-0.3, -0.25) is 4.90 Å². The Morgan fingerprint density at radius 2 is 1.84 bits per heavy atom. The van der Waals surface area contributed by atoms with Crippen molar-refractivity contribution < 1.29 is 4.79 Å². The fraction of sp³-hybridized carbons (Fsp3) is 0.533. The highest BCUT2D eigenvalue weighted by atomic mass is 35.5. The van der Waals surface area contributed by atoms with Gasteiger partial charge in [-0.15, -0.1) is 0 Å². The molecular weight excluding hydrogens is 260 g/mol. The van der Waals surface area contributed by atoms with Crippen LogP contribution in [0.25, 0.3) is 0 Å². The maximum atomic E-state index is 12.5. The van der Waals surface area contributed by atoms with Gasteiger partial charge in [0.15, 0.2) is 0 Å². The normalized spacial score (nSPS) is 21.7. The van der Waals surface area contributed by atoms with E-state index in [4.69, 9.17) is 11.6 Å². The van der Waals surface area contributed by atoms with Crippen LogP contribution in [0.5, 0.6) is 0 Å². The summed E-state index contributed by atoms with van der Waals surface area (Å²) in [5, 5.41) is 0.673. The van der Waals surface area contributed by atoms with Crippen molar-refractivity contribution in [3.05, 3.63) is 28.8 Å². The van der Waals surface area contributed by atoms with Gasteiger partial charge in [-0.2, -0.15) is 0 Å². The molecule has 102 valence electrons. The van der Waals surface area contributed by atoms with Crippen molar-refractivity contribution >= 4 is 23.3 Å². The number of nitrogens with zero attached hydrogens (tertiary/aromatic N) is 2. The second-order valence-electron chi connectivity index (χ2n) is 5.63. The van der Waals surface area contributed by atoms with Crippen LogP contribution in [0.4, 0.5) is 10.5 Å². The number of carbonyl (C=O) groups is 1. The fourth-order valence-corrected chi connectivity index (χ4v) is 3.96. The molecule has 2 amide bonds. The molecular formula is C15H19ClN2O. The average Bonchev–Trinajstić information content (AvgIpc) is 2.44. The zero-order valence-electron chi connectivity index (χ0n) is 11.4. The molecule has 0 unspecified atom stereocenters. The molecule has 2 aliphatic rings. The van der Waals surface area contributed by atoms with Gasteiger partial charge in [0.1, 0.15) is 0 Å². The van der Waals surface area contributed by atoms with E-state index in [1.54, 1.807) is 11.9 Å². The molecule has 0 N–H and O–H groups in total. The first-order valence-corrected chi connectivity index (χ1v) is 7.26. The van der Waals surface area contributed by atoms with Crippen LogP contribution in [0.15, 0.2) is 18.2 Å². The minimum atomic E-state index is -0.151. The Labute approximate surface area is 119 Å². The third kappa shape index (κ3) is 1.68. The molecule has 1 heterocycles. The largest absolute Gasteiger partial charge is 0.324 e. The van der Waals surface area contributed by atoms with Gasteiger partial charge in [0.05, 0.1) is 16.2 Å². The Kier molecular flexibility index (Phi) is 2.97. The van der Waals surface area contributed by atoms with E-state index in [1.807, 2.05) is 24.1 Å². The first-order chi connectivity index (χ1) is 9.08. The second kappa shape index (κ2) is 4.41. The minimum Gasteiger partial charge on any atom is -0.318 e. The number of carbonyl (C=O) groups excluding carboxylic acids is 1. The lowest BCUT2D eigenvalue weighted by atomic mass is 9.74. The van der Waals surface area contributed by atoms with Crippen LogP contribution in [0, 0.1) is 0 Å². The topological polar surface area (TPSA) is 23.6 Å². The van der Waals surface area contributed by atoms with Gasteiger partial charge in [0.2, 0.25) is 0 Å². The maximum Gasteiger partial charge on any atom is 0.324 e. The number of halogens is 1. The molecule has 0 saturated heterocycles. The molecule has 1 aliphatic heterocycles. The zero-order valence-corrected chi connectivity index (χ0v) is 12.2. The SMILES string of the molecule is CN1C(=O)N(C)C2(CCCCC2)c2cccc(Cl)c21. The zero-order chi connectivity index (χ0) is 13.6. The summed E-state index contributed by atoms with van der Waals surface area (Å²) in [4.78, 5) is 16.1. The Morgan fingerprint density at radius 3 is 2.53 bits per heavy atom. The standard InChI is InChI=1S/C15H19ClN2O/c1-17-13-11(7-6-8-12(13)16)15(18(2)14(17)19)9-4-3-5-10-15/h6-8H,3-5,9-10H2,1-2H3. The molecule has 3 rings (SSSR count). The molecule has 1 saturated carbocycles. The van der Waals surface area contributed by atoms with E-state index in [0.29, 0.717) is 5.02 Å². The molecule has 1 aromatic rings. The van der Waals surface area contributed by atoms with Crippen molar-refractivity contribution in [3.63, 3.8) is 0 Å². The van der Waals surface area contributed by atoms with Gasteiger partial charge >= 0.3 is 6.03 Å². The molecule has 0 bridgehead atoms. The average molecular weight is 279 g/mol. The number of amides is 2. The van der Waals surface area contributed by atoms with Crippen LogP contribution in [0.2, 0.25) is 5.02 Å². The van der Waals surface area contributed by atoms with Crippen LogP contribution in [-0.4, -0.2) is 25.0 Å². The molecule has 4 heteroatoms. The third-order valence-corrected chi connectivity index (χ3v) is 5.03. The van der Waals surface area contributed by atoms with Gasteiger partial charge in [-0.1, -0.05) is 43.0 Å². The lowest BCUT2D eigenvalue weighted by molar-refractivity contribution is 0.0950. The van der Waals surface area contributed by atoms with Crippen LogP contribution in [-0.2, 0) is 5.54 Å². The predicted molar refractivity (Wildman–Crippen MR) is 77.8 cm³/mol. The van der Waals surface area contributed by atoms with E-state index in [0.717, 1.165) is 18.5 Å². The maximum absolute atomic E-state index is 12.5. The summed E-state index contributed by atoms with van der Waals surface area (Å²) >= 11 is 6.34. The highest BCUT2D eigenvalue weighted by Crippen LogP contribution is 2.50. The smallest absolute Gasteiger partial charge is 0.318 e. The van der Waals surface area contributed by atoms with Crippen LogP contribution in [0.1, 0.15) is 37.7 Å². The highest BCUT2D eigenvalue weighted by Gasteiger charge is 2.47. The molecule has 1 aromatic carbocycles. The first-order valence-electron chi connectivity index (χ1n) is 6.88. The monoisotopic (exact) mass is 278 g/mol. The van der Waals surface area contributed by atoms with Crippen molar-refractivity contribution in [3.8, 4) is 0 Å². The van der Waals surface area contributed by atoms with E-state index < -0.39 is 0 Å². The van der Waals surface area contributed by atoms with Crippen LogP contribution < -0.4 is 4.90 Å². The Balaban J connectivity index is 2.23. The van der Waals surface area contributed by atoms with Crippen molar-refractivity contribution in [1.82, 2.24) is 4.90 Å². The van der Waals surface area contributed by atoms with Gasteiger partial charge in [-0.05, 0) is 18.9 Å². The minimum absolute atomic E-state index is 0.0440. The van der Waals surface area contributed by atoms with Crippen LogP contribution in [0.3, 0.4) is 0 Å². The number of rotatable bonds is 0. The summed E-state index contributed by atoms with van der Waals surface area (Å²) in [6.45, 7) is 0. The number of urea groups is 1. The molecule has 0 aromatic heterocycles. The van der Waals surface area contributed by atoms with E-state index in [2.05, 4.69) is 6.07 Å². The van der Waals surface area contributed by atoms with E-state index >= 15 is 0 Å². The van der Waals surface area contributed by atoms with Crippen LogP contribution >= 0.6 is 11.6 Å². The molecule has 1 aliphatic carbocycles. The summed E-state index contributed by atoms with van der Waals surface area (Å²) < 4.78 is 0. The summed E-state index contributed by atoms with van der Waals surface area (Å²) in [5.41, 5.74) is 1.96. The number of para-hydroxylation sites is 1. The summed E-state index contributed by atoms with van der Waals surface area (Å²) in [7, 11) is 3.73. The summed E-state index contributed by atoms with van der Waals surface area (Å²) in [5.74, 6) is 0. The number of hydrogen-bond donors (Lipinski definition) is 0. The molecule has 3 nitrogen and oxygen atoms in total. The Hall–Kier alpha value is -1.22. The van der Waals surface area contributed by atoms with E-state index in [-0.39, 0.29) is 11.6 Å². The summed E-state index contributed by atoms with van der Waals surface area (Å²) in [6, 6.07) is 6.04. The lowest BCUT2D eigenvalue weighted by Gasteiger charge is -2.51. The predicted octanol–water partition coefficient (Wildman–Crippen LogP) is 4.00. The number of benzene rings is 1. The van der Waals surface area contributed by atoms with E-state index in [9.17, 15) is 4.79 Å². The number of fused-ring (bicyclic) bond motifs is 2. The van der Waals surface area contributed by atoms with Gasteiger partial charge in [-0.25, -0.2) is 4.79 Å².